The molecule has 0 radical (unpaired) electrons. The Morgan fingerprint density at radius 2 is 1.67 bits per heavy atom. The molecule has 0 heteroatoms. The van der Waals surface area contributed by atoms with E-state index < -0.39 is 0 Å². The lowest BCUT2D eigenvalue weighted by Crippen LogP contribution is -2.30. The molecule has 0 nitrogen and oxygen atoms in total. The third-order valence-corrected chi connectivity index (χ3v) is 5.01. The molecule has 2 aliphatic rings. The van der Waals surface area contributed by atoms with E-state index in [0.29, 0.717) is 0 Å². The van der Waals surface area contributed by atoms with Gasteiger partial charge in [-0.1, -0.05) is 52.4 Å². The maximum atomic E-state index is 2.41. The van der Waals surface area contributed by atoms with E-state index in [1.165, 1.54) is 25.7 Å². The predicted molar refractivity (Wildman–Crippen MR) is 66.9 cm³/mol. The quantitative estimate of drug-likeness (QED) is 0.608. The smallest absolute Gasteiger partial charge is 0.0381 e. The van der Waals surface area contributed by atoms with Crippen LogP contribution in [0.3, 0.4) is 0 Å². The number of hydrogen-bond acceptors (Lipinski definition) is 0. The Labute approximate surface area is 95.8 Å². The van der Waals surface area contributed by atoms with E-state index in [9.17, 15) is 0 Å². The minimum atomic E-state index is 1.05. The summed E-state index contributed by atoms with van der Waals surface area (Å²) in [5.74, 6) is 4.39. The second-order valence-electron chi connectivity index (χ2n) is 6.09. The highest BCUT2D eigenvalue weighted by molar-refractivity contribution is 4.85. The van der Waals surface area contributed by atoms with E-state index in [2.05, 4.69) is 13.8 Å². The summed E-state index contributed by atoms with van der Waals surface area (Å²) in [7, 11) is 0. The Kier molecular flexibility index (Phi) is 4.11. The van der Waals surface area contributed by atoms with E-state index in [1.807, 2.05) is 0 Å². The summed E-state index contributed by atoms with van der Waals surface area (Å²) in [6, 6.07) is 0. The first-order valence-corrected chi connectivity index (χ1v) is 7.33. The molecule has 2 saturated carbocycles. The molecule has 0 N–H and O–H groups in total. The average Bonchev–Trinajstić information content (AvgIpc) is 2.25. The first kappa shape index (κ1) is 11.5. The van der Waals surface area contributed by atoms with Crippen LogP contribution in [0, 0.1) is 23.7 Å². The van der Waals surface area contributed by atoms with E-state index in [-0.39, 0.29) is 0 Å². The van der Waals surface area contributed by atoms with Crippen LogP contribution in [0.5, 0.6) is 0 Å². The van der Waals surface area contributed by atoms with Gasteiger partial charge in [0.05, 0.1) is 0 Å². The molecule has 3 atom stereocenters. The molecule has 0 aliphatic heterocycles. The standard InChI is InChI=1S/C15H28/c1-3-6-14(4-2)15-10-12-7-5-8-13(9-12)11-15/h12-15H,3-11H2,1-2H3/t12?,13?,14-,15?/m1/s1. The normalized spacial score (nSPS) is 37.6. The highest BCUT2D eigenvalue weighted by atomic mass is 14.4. The summed E-state index contributed by atoms with van der Waals surface area (Å²) in [5, 5.41) is 0. The van der Waals surface area contributed by atoms with Gasteiger partial charge in [-0.05, 0) is 42.9 Å². The molecule has 15 heavy (non-hydrogen) atoms. The van der Waals surface area contributed by atoms with Crippen LogP contribution in [-0.2, 0) is 0 Å². The first-order valence-electron chi connectivity index (χ1n) is 7.33. The predicted octanol–water partition coefficient (Wildman–Crippen LogP) is 5.03. The van der Waals surface area contributed by atoms with Crippen LogP contribution in [0.2, 0.25) is 0 Å². The highest BCUT2D eigenvalue weighted by Crippen LogP contribution is 2.46. The van der Waals surface area contributed by atoms with Gasteiger partial charge in [-0.15, -0.1) is 0 Å². The van der Waals surface area contributed by atoms with Crippen molar-refractivity contribution in [2.24, 2.45) is 23.7 Å². The van der Waals surface area contributed by atoms with E-state index in [1.54, 1.807) is 32.1 Å². The van der Waals surface area contributed by atoms with Crippen LogP contribution in [0.25, 0.3) is 0 Å². The molecule has 0 heterocycles. The van der Waals surface area contributed by atoms with Gasteiger partial charge in [0.1, 0.15) is 0 Å². The van der Waals surface area contributed by atoms with Crippen molar-refractivity contribution in [1.82, 2.24) is 0 Å². The maximum absolute atomic E-state index is 2.41. The van der Waals surface area contributed by atoms with Gasteiger partial charge in [-0.25, -0.2) is 0 Å². The molecule has 2 rings (SSSR count). The van der Waals surface area contributed by atoms with Gasteiger partial charge in [0.2, 0.25) is 0 Å². The van der Waals surface area contributed by atoms with E-state index >= 15 is 0 Å². The molecular formula is C15H28. The van der Waals surface area contributed by atoms with Gasteiger partial charge in [-0.2, -0.15) is 0 Å². The van der Waals surface area contributed by atoms with Crippen LogP contribution in [0.4, 0.5) is 0 Å². The van der Waals surface area contributed by atoms with Crippen molar-refractivity contribution in [3.63, 3.8) is 0 Å². The van der Waals surface area contributed by atoms with Gasteiger partial charge in [0.25, 0.3) is 0 Å². The zero-order valence-corrected chi connectivity index (χ0v) is 10.7. The zero-order chi connectivity index (χ0) is 10.7. The van der Waals surface area contributed by atoms with Crippen LogP contribution < -0.4 is 0 Å². The maximum Gasteiger partial charge on any atom is -0.0381 e. The fraction of sp³-hybridized carbons (Fsp3) is 1.00. The lowest BCUT2D eigenvalue weighted by atomic mass is 9.64. The van der Waals surface area contributed by atoms with E-state index in [4.69, 9.17) is 0 Å². The number of fused-ring (bicyclic) bond motifs is 2. The molecule has 0 spiro atoms. The molecule has 88 valence electrons. The Morgan fingerprint density at radius 1 is 1.00 bits per heavy atom. The Bertz CT molecular complexity index is 172. The summed E-state index contributed by atoms with van der Waals surface area (Å²) >= 11 is 0. The van der Waals surface area contributed by atoms with Crippen molar-refractivity contribution in [2.45, 2.75) is 71.6 Å². The molecule has 0 aromatic heterocycles. The zero-order valence-electron chi connectivity index (χ0n) is 10.7. The molecular weight excluding hydrogens is 180 g/mol. The molecule has 0 saturated heterocycles. The van der Waals surface area contributed by atoms with Crippen molar-refractivity contribution in [3.8, 4) is 0 Å². The van der Waals surface area contributed by atoms with Gasteiger partial charge >= 0.3 is 0 Å². The monoisotopic (exact) mass is 208 g/mol. The van der Waals surface area contributed by atoms with Gasteiger partial charge < -0.3 is 0 Å². The van der Waals surface area contributed by atoms with Gasteiger partial charge in [0.15, 0.2) is 0 Å². The molecule has 2 aliphatic carbocycles. The summed E-state index contributed by atoms with van der Waals surface area (Å²) in [6.45, 7) is 4.76. The topological polar surface area (TPSA) is 0 Å². The van der Waals surface area contributed by atoms with Crippen molar-refractivity contribution < 1.29 is 0 Å². The first-order chi connectivity index (χ1) is 7.33. The molecule has 2 unspecified atom stereocenters. The largest absolute Gasteiger partial charge is 0.0654 e. The molecule has 2 fully saturated rings. The van der Waals surface area contributed by atoms with Crippen molar-refractivity contribution in [2.75, 3.05) is 0 Å². The van der Waals surface area contributed by atoms with Crippen LogP contribution in [0.1, 0.15) is 71.6 Å². The van der Waals surface area contributed by atoms with Crippen molar-refractivity contribution >= 4 is 0 Å². The Hall–Kier alpha value is 0. The second kappa shape index (κ2) is 5.37. The van der Waals surface area contributed by atoms with Crippen molar-refractivity contribution in [1.29, 1.82) is 0 Å². The third-order valence-electron chi connectivity index (χ3n) is 5.01. The van der Waals surface area contributed by atoms with Gasteiger partial charge in [-0.3, -0.25) is 0 Å². The average molecular weight is 208 g/mol. The Balaban J connectivity index is 1.91. The van der Waals surface area contributed by atoms with Crippen LogP contribution in [-0.4, -0.2) is 0 Å². The van der Waals surface area contributed by atoms with Crippen LogP contribution >= 0.6 is 0 Å². The summed E-state index contributed by atoms with van der Waals surface area (Å²) in [5.41, 5.74) is 0. The summed E-state index contributed by atoms with van der Waals surface area (Å²) in [4.78, 5) is 0. The minimum Gasteiger partial charge on any atom is -0.0654 e. The Morgan fingerprint density at radius 3 is 2.20 bits per heavy atom. The lowest BCUT2D eigenvalue weighted by Gasteiger charge is -2.42. The summed E-state index contributed by atoms with van der Waals surface area (Å²) < 4.78 is 0. The second-order valence-corrected chi connectivity index (χ2v) is 6.09. The minimum absolute atomic E-state index is 1.05. The van der Waals surface area contributed by atoms with E-state index in [0.717, 1.165) is 23.7 Å². The van der Waals surface area contributed by atoms with Gasteiger partial charge in [0, 0.05) is 0 Å². The fourth-order valence-electron chi connectivity index (χ4n) is 4.31. The molecule has 0 aromatic rings. The third kappa shape index (κ3) is 2.77. The lowest BCUT2D eigenvalue weighted by molar-refractivity contribution is 0.0952. The fourth-order valence-corrected chi connectivity index (χ4v) is 4.31. The molecule has 0 amide bonds. The highest BCUT2D eigenvalue weighted by Gasteiger charge is 2.34. The number of rotatable bonds is 4. The van der Waals surface area contributed by atoms with Crippen LogP contribution in [0.15, 0.2) is 0 Å². The molecule has 2 bridgehead atoms. The number of hydrogen-bond donors (Lipinski definition) is 0. The molecule has 0 aromatic carbocycles. The van der Waals surface area contributed by atoms with Crippen molar-refractivity contribution in [3.05, 3.63) is 0 Å². The summed E-state index contributed by atoms with van der Waals surface area (Å²) in [6.07, 6.45) is 13.7. The SMILES string of the molecule is CCC[C@@H](CC)C1CC2CCCC(C2)C1.